The largest absolute Gasteiger partial charge is 0.352 e. The minimum Gasteiger partial charge on any atom is -0.352 e. The summed E-state index contributed by atoms with van der Waals surface area (Å²) in [5.41, 5.74) is 0.419. The van der Waals surface area contributed by atoms with Gasteiger partial charge in [-0.25, -0.2) is 4.98 Å². The molecular formula is C15H21N4O2+. The van der Waals surface area contributed by atoms with Gasteiger partial charge in [0.1, 0.15) is 11.2 Å². The van der Waals surface area contributed by atoms with Gasteiger partial charge in [0.2, 0.25) is 0 Å². The molecule has 0 saturated heterocycles. The number of aromatic nitrogens is 2. The molecule has 6 heteroatoms. The zero-order valence-electron chi connectivity index (χ0n) is 12.6. The SMILES string of the molecule is Cn1c(=O)c(C(=O)NCCC[NH+](C)C)cc2cccnc21. The highest BCUT2D eigenvalue weighted by Gasteiger charge is 2.14. The molecule has 0 atom stereocenters. The van der Waals surface area contributed by atoms with Gasteiger partial charge in [0.25, 0.3) is 11.5 Å². The lowest BCUT2D eigenvalue weighted by Crippen LogP contribution is -3.05. The topological polar surface area (TPSA) is 68.4 Å². The van der Waals surface area contributed by atoms with Crippen molar-refractivity contribution in [1.82, 2.24) is 14.9 Å². The molecule has 6 nitrogen and oxygen atoms in total. The van der Waals surface area contributed by atoms with Crippen LogP contribution in [0.15, 0.2) is 29.2 Å². The van der Waals surface area contributed by atoms with Crippen LogP contribution in [-0.2, 0) is 7.05 Å². The molecule has 2 aromatic heterocycles. The molecule has 2 aromatic rings. The van der Waals surface area contributed by atoms with E-state index in [1.807, 2.05) is 6.07 Å². The van der Waals surface area contributed by atoms with Crippen LogP contribution in [0.25, 0.3) is 11.0 Å². The first-order valence-electron chi connectivity index (χ1n) is 7.02. The number of rotatable bonds is 5. The van der Waals surface area contributed by atoms with E-state index in [2.05, 4.69) is 24.4 Å². The van der Waals surface area contributed by atoms with Crippen LogP contribution in [0.1, 0.15) is 16.8 Å². The van der Waals surface area contributed by atoms with Crippen LogP contribution in [0.2, 0.25) is 0 Å². The number of pyridine rings is 2. The first-order valence-corrected chi connectivity index (χ1v) is 7.02. The summed E-state index contributed by atoms with van der Waals surface area (Å²) in [5.74, 6) is -0.324. The maximum atomic E-state index is 12.2. The van der Waals surface area contributed by atoms with Gasteiger partial charge in [-0.3, -0.25) is 14.2 Å². The second kappa shape index (κ2) is 6.49. The Morgan fingerprint density at radius 2 is 2.19 bits per heavy atom. The number of quaternary nitrogens is 1. The summed E-state index contributed by atoms with van der Waals surface area (Å²) >= 11 is 0. The van der Waals surface area contributed by atoms with E-state index >= 15 is 0 Å². The van der Waals surface area contributed by atoms with E-state index in [4.69, 9.17) is 0 Å². The summed E-state index contributed by atoms with van der Waals surface area (Å²) in [6.45, 7) is 1.54. The monoisotopic (exact) mass is 289 g/mol. The standard InChI is InChI=1S/C15H20N4O2/c1-18(2)9-5-8-17-14(20)12-10-11-6-4-7-16-13(11)19(3)15(12)21/h4,6-7,10H,5,8-9H2,1-3H3,(H,17,20)/p+1. The van der Waals surface area contributed by atoms with Crippen LogP contribution >= 0.6 is 0 Å². The molecule has 0 unspecified atom stereocenters. The molecule has 0 aliphatic heterocycles. The zero-order valence-corrected chi connectivity index (χ0v) is 12.6. The van der Waals surface area contributed by atoms with Crippen molar-refractivity contribution in [1.29, 1.82) is 0 Å². The molecule has 0 bridgehead atoms. The lowest BCUT2D eigenvalue weighted by atomic mass is 10.2. The second-order valence-corrected chi connectivity index (χ2v) is 5.40. The second-order valence-electron chi connectivity index (χ2n) is 5.40. The number of carbonyl (C=O) groups excluding carboxylic acids is 1. The van der Waals surface area contributed by atoms with Gasteiger partial charge in [-0.15, -0.1) is 0 Å². The summed E-state index contributed by atoms with van der Waals surface area (Å²) in [6.07, 6.45) is 2.51. The zero-order chi connectivity index (χ0) is 15.4. The van der Waals surface area contributed by atoms with Gasteiger partial charge < -0.3 is 10.2 Å². The van der Waals surface area contributed by atoms with Gasteiger partial charge in [-0.05, 0) is 18.2 Å². The molecule has 0 spiro atoms. The molecule has 0 aromatic carbocycles. The first kappa shape index (κ1) is 15.2. The van der Waals surface area contributed by atoms with E-state index in [9.17, 15) is 9.59 Å². The Labute approximate surface area is 123 Å². The number of nitrogens with one attached hydrogen (secondary N) is 2. The minimum absolute atomic E-state index is 0.162. The van der Waals surface area contributed by atoms with Crippen molar-refractivity contribution in [2.24, 2.45) is 7.05 Å². The fourth-order valence-corrected chi connectivity index (χ4v) is 2.20. The van der Waals surface area contributed by atoms with E-state index in [1.165, 1.54) is 9.47 Å². The van der Waals surface area contributed by atoms with Crippen molar-refractivity contribution in [3.8, 4) is 0 Å². The molecule has 112 valence electrons. The molecule has 2 rings (SSSR count). The Hall–Kier alpha value is -2.21. The van der Waals surface area contributed by atoms with Gasteiger partial charge in [0.15, 0.2) is 0 Å². The minimum atomic E-state index is -0.324. The number of hydrogen-bond donors (Lipinski definition) is 2. The predicted octanol–water partition coefficient (Wildman–Crippen LogP) is -0.802. The van der Waals surface area contributed by atoms with Crippen molar-refractivity contribution in [2.75, 3.05) is 27.2 Å². The van der Waals surface area contributed by atoms with Gasteiger partial charge in [-0.2, -0.15) is 0 Å². The fourth-order valence-electron chi connectivity index (χ4n) is 2.20. The Kier molecular flexibility index (Phi) is 4.70. The summed E-state index contributed by atoms with van der Waals surface area (Å²) in [4.78, 5) is 29.9. The highest BCUT2D eigenvalue weighted by atomic mass is 16.2. The van der Waals surface area contributed by atoms with Gasteiger partial charge >= 0.3 is 0 Å². The summed E-state index contributed by atoms with van der Waals surface area (Å²) in [5, 5.41) is 3.58. The van der Waals surface area contributed by atoms with Crippen molar-refractivity contribution in [2.45, 2.75) is 6.42 Å². The van der Waals surface area contributed by atoms with Crippen LogP contribution in [0.4, 0.5) is 0 Å². The third-order valence-corrected chi connectivity index (χ3v) is 3.35. The number of fused-ring (bicyclic) bond motifs is 1. The average molecular weight is 289 g/mol. The molecule has 2 heterocycles. The molecule has 21 heavy (non-hydrogen) atoms. The van der Waals surface area contributed by atoms with Crippen LogP contribution in [0, 0.1) is 0 Å². The third kappa shape index (κ3) is 3.46. The molecule has 0 saturated carbocycles. The van der Waals surface area contributed by atoms with Gasteiger partial charge in [0, 0.05) is 31.6 Å². The van der Waals surface area contributed by atoms with Crippen molar-refractivity contribution >= 4 is 16.9 Å². The van der Waals surface area contributed by atoms with Gasteiger partial charge in [-0.1, -0.05) is 0 Å². The fraction of sp³-hybridized carbons (Fsp3) is 0.400. The van der Waals surface area contributed by atoms with E-state index in [0.29, 0.717) is 12.2 Å². The van der Waals surface area contributed by atoms with Crippen LogP contribution in [0.3, 0.4) is 0 Å². The van der Waals surface area contributed by atoms with Crippen LogP contribution < -0.4 is 15.8 Å². The number of aryl methyl sites for hydroxylation is 1. The number of amides is 1. The normalized spacial score (nSPS) is 11.0. The van der Waals surface area contributed by atoms with Crippen molar-refractivity contribution < 1.29 is 9.69 Å². The first-order chi connectivity index (χ1) is 10.0. The Bertz CT molecular complexity index is 706. The Balaban J connectivity index is 2.20. The number of carbonyl (C=O) groups is 1. The maximum Gasteiger partial charge on any atom is 0.264 e. The van der Waals surface area contributed by atoms with Crippen molar-refractivity contribution in [3.05, 3.63) is 40.3 Å². The molecule has 0 aliphatic carbocycles. The highest BCUT2D eigenvalue weighted by molar-refractivity contribution is 5.96. The average Bonchev–Trinajstić information content (AvgIpc) is 2.47. The van der Waals surface area contributed by atoms with Crippen LogP contribution in [-0.4, -0.2) is 42.6 Å². The molecular weight excluding hydrogens is 268 g/mol. The lowest BCUT2D eigenvalue weighted by molar-refractivity contribution is -0.858. The summed E-state index contributed by atoms with van der Waals surface area (Å²) < 4.78 is 1.41. The number of hydrogen-bond acceptors (Lipinski definition) is 3. The molecule has 0 aliphatic rings. The maximum absolute atomic E-state index is 12.2. The molecule has 1 amide bonds. The Morgan fingerprint density at radius 1 is 1.43 bits per heavy atom. The highest BCUT2D eigenvalue weighted by Crippen LogP contribution is 2.09. The van der Waals surface area contributed by atoms with E-state index in [-0.39, 0.29) is 17.0 Å². The third-order valence-electron chi connectivity index (χ3n) is 3.35. The molecule has 0 fully saturated rings. The van der Waals surface area contributed by atoms with Crippen LogP contribution in [0.5, 0.6) is 0 Å². The van der Waals surface area contributed by atoms with E-state index < -0.39 is 0 Å². The number of nitrogens with zero attached hydrogens (tertiary/aromatic N) is 2. The summed E-state index contributed by atoms with van der Waals surface area (Å²) in [6, 6.07) is 5.24. The summed E-state index contributed by atoms with van der Waals surface area (Å²) in [7, 11) is 5.76. The van der Waals surface area contributed by atoms with Gasteiger partial charge in [0.05, 0.1) is 20.6 Å². The van der Waals surface area contributed by atoms with E-state index in [0.717, 1.165) is 18.4 Å². The molecule has 0 radical (unpaired) electrons. The predicted molar refractivity (Wildman–Crippen MR) is 81.6 cm³/mol. The van der Waals surface area contributed by atoms with Crippen molar-refractivity contribution in [3.63, 3.8) is 0 Å². The quantitative estimate of drug-likeness (QED) is 0.708. The van der Waals surface area contributed by atoms with E-state index in [1.54, 1.807) is 25.4 Å². The smallest absolute Gasteiger partial charge is 0.264 e. The molecule has 2 N–H and O–H groups in total. The Morgan fingerprint density at radius 3 is 2.90 bits per heavy atom. The lowest BCUT2D eigenvalue weighted by Gasteiger charge is -2.09.